The van der Waals surface area contributed by atoms with E-state index in [4.69, 9.17) is 4.74 Å². The van der Waals surface area contributed by atoms with Gasteiger partial charge in [-0.2, -0.15) is 0 Å². The molecule has 0 bridgehead atoms. The van der Waals surface area contributed by atoms with Crippen LogP contribution in [0, 0.1) is 0 Å². The number of carbonyl (C=O) groups is 2. The van der Waals surface area contributed by atoms with Crippen LogP contribution in [0.1, 0.15) is 12.5 Å². The summed E-state index contributed by atoms with van der Waals surface area (Å²) in [7, 11) is 0. The summed E-state index contributed by atoms with van der Waals surface area (Å²) >= 11 is 0. The molecule has 0 aromatic heterocycles. The largest absolute Gasteiger partial charge is 0.465 e. The first-order valence-corrected chi connectivity index (χ1v) is 5.79. The lowest BCUT2D eigenvalue weighted by atomic mass is 10.1. The normalized spacial score (nSPS) is 9.61. The molecule has 0 fully saturated rings. The third-order valence-electron chi connectivity index (χ3n) is 2.28. The van der Waals surface area contributed by atoms with E-state index in [0.717, 1.165) is 5.56 Å². The average molecular weight is 247 g/mol. The van der Waals surface area contributed by atoms with Crippen LogP contribution < -0.4 is 5.32 Å². The molecule has 4 nitrogen and oxygen atoms in total. The fourth-order valence-corrected chi connectivity index (χ4v) is 1.41. The van der Waals surface area contributed by atoms with Crippen molar-refractivity contribution in [3.63, 3.8) is 0 Å². The summed E-state index contributed by atoms with van der Waals surface area (Å²) in [6, 6.07) is 9.55. The molecule has 1 rings (SSSR count). The Morgan fingerprint density at radius 3 is 2.56 bits per heavy atom. The second kappa shape index (κ2) is 7.27. The fourth-order valence-electron chi connectivity index (χ4n) is 1.41. The molecule has 1 aromatic carbocycles. The Balaban J connectivity index is 2.38. The van der Waals surface area contributed by atoms with Gasteiger partial charge in [0, 0.05) is 12.0 Å². The van der Waals surface area contributed by atoms with Crippen LogP contribution >= 0.6 is 0 Å². The maximum absolute atomic E-state index is 11.6. The van der Waals surface area contributed by atoms with Crippen molar-refractivity contribution in [1.82, 2.24) is 5.32 Å². The van der Waals surface area contributed by atoms with Gasteiger partial charge in [-0.3, -0.25) is 9.59 Å². The molecule has 0 aliphatic rings. The van der Waals surface area contributed by atoms with E-state index in [1.807, 2.05) is 30.3 Å². The third-order valence-corrected chi connectivity index (χ3v) is 2.28. The second-order valence-electron chi connectivity index (χ2n) is 3.75. The Bertz CT molecular complexity index is 426. The first-order chi connectivity index (χ1) is 8.63. The smallest absolute Gasteiger partial charge is 0.325 e. The van der Waals surface area contributed by atoms with Crippen molar-refractivity contribution < 1.29 is 14.3 Å². The van der Waals surface area contributed by atoms with Crippen LogP contribution in [0.2, 0.25) is 0 Å². The van der Waals surface area contributed by atoms with Crippen LogP contribution in [-0.2, 0) is 20.7 Å². The third kappa shape index (κ3) is 4.82. The summed E-state index contributed by atoms with van der Waals surface area (Å²) in [4.78, 5) is 22.7. The van der Waals surface area contributed by atoms with Gasteiger partial charge >= 0.3 is 5.97 Å². The molecule has 0 aliphatic carbocycles. The predicted molar refractivity (Wildman–Crippen MR) is 68.9 cm³/mol. The van der Waals surface area contributed by atoms with Crippen molar-refractivity contribution in [3.8, 4) is 0 Å². The van der Waals surface area contributed by atoms with E-state index in [9.17, 15) is 9.59 Å². The zero-order valence-corrected chi connectivity index (χ0v) is 10.4. The number of hydrogen-bond donors (Lipinski definition) is 1. The molecule has 1 aromatic rings. The molecule has 0 saturated heterocycles. The molecule has 96 valence electrons. The summed E-state index contributed by atoms with van der Waals surface area (Å²) in [5.41, 5.74) is 1.43. The summed E-state index contributed by atoms with van der Waals surface area (Å²) in [5, 5.41) is 2.47. The van der Waals surface area contributed by atoms with Gasteiger partial charge in [-0.15, -0.1) is 0 Å². The Hall–Kier alpha value is -2.10. The lowest BCUT2D eigenvalue weighted by Crippen LogP contribution is -2.31. The lowest BCUT2D eigenvalue weighted by Gasteiger charge is -2.07. The Morgan fingerprint density at radius 1 is 1.28 bits per heavy atom. The van der Waals surface area contributed by atoms with Gasteiger partial charge in [0.2, 0.25) is 5.91 Å². The highest BCUT2D eigenvalue weighted by molar-refractivity contribution is 5.95. The summed E-state index contributed by atoms with van der Waals surface area (Å²) in [5.74, 6) is -0.773. The molecule has 0 heterocycles. The lowest BCUT2D eigenvalue weighted by molar-refractivity contribution is -0.143. The van der Waals surface area contributed by atoms with Gasteiger partial charge in [0.25, 0.3) is 0 Å². The number of hydrogen-bond acceptors (Lipinski definition) is 3. The van der Waals surface area contributed by atoms with E-state index < -0.39 is 5.97 Å². The van der Waals surface area contributed by atoms with Crippen molar-refractivity contribution in [3.05, 3.63) is 48.0 Å². The van der Waals surface area contributed by atoms with Crippen molar-refractivity contribution in [2.24, 2.45) is 0 Å². The number of carbonyl (C=O) groups excluding carboxylic acids is 2. The van der Waals surface area contributed by atoms with Crippen molar-refractivity contribution in [1.29, 1.82) is 0 Å². The molecule has 1 amide bonds. The second-order valence-corrected chi connectivity index (χ2v) is 3.75. The SMILES string of the molecule is C=C(Cc1ccccc1)C(=O)NCC(=O)OCC. The van der Waals surface area contributed by atoms with Crippen LogP contribution in [0.3, 0.4) is 0 Å². The number of rotatable bonds is 6. The summed E-state index contributed by atoms with van der Waals surface area (Å²) < 4.78 is 4.71. The van der Waals surface area contributed by atoms with Gasteiger partial charge < -0.3 is 10.1 Å². The topological polar surface area (TPSA) is 55.4 Å². The average Bonchev–Trinajstić information content (AvgIpc) is 2.37. The minimum Gasteiger partial charge on any atom is -0.465 e. The molecule has 0 unspecified atom stereocenters. The molecule has 0 aliphatic heterocycles. The van der Waals surface area contributed by atoms with Crippen LogP contribution in [0.5, 0.6) is 0 Å². The monoisotopic (exact) mass is 247 g/mol. The molecular weight excluding hydrogens is 230 g/mol. The molecule has 0 spiro atoms. The number of esters is 1. The first kappa shape index (κ1) is 14.0. The minimum atomic E-state index is -0.446. The summed E-state index contributed by atoms with van der Waals surface area (Å²) in [6.07, 6.45) is 0.468. The van der Waals surface area contributed by atoms with E-state index >= 15 is 0 Å². The van der Waals surface area contributed by atoms with Gasteiger partial charge in [0.1, 0.15) is 6.54 Å². The standard InChI is InChI=1S/C14H17NO3/c1-3-18-13(16)10-15-14(17)11(2)9-12-7-5-4-6-8-12/h4-8H,2-3,9-10H2,1H3,(H,15,17). The Labute approximate surface area is 107 Å². The number of nitrogens with one attached hydrogen (secondary N) is 1. The van der Waals surface area contributed by atoms with E-state index in [2.05, 4.69) is 11.9 Å². The van der Waals surface area contributed by atoms with Crippen LogP contribution in [0.25, 0.3) is 0 Å². The van der Waals surface area contributed by atoms with Crippen molar-refractivity contribution in [2.45, 2.75) is 13.3 Å². The first-order valence-electron chi connectivity index (χ1n) is 5.79. The highest BCUT2D eigenvalue weighted by Crippen LogP contribution is 2.05. The van der Waals surface area contributed by atoms with E-state index in [-0.39, 0.29) is 12.5 Å². The predicted octanol–water partition coefficient (Wildman–Crippen LogP) is 1.46. The van der Waals surface area contributed by atoms with Crippen LogP contribution in [-0.4, -0.2) is 25.0 Å². The van der Waals surface area contributed by atoms with Crippen molar-refractivity contribution >= 4 is 11.9 Å². The van der Waals surface area contributed by atoms with Crippen LogP contribution in [0.4, 0.5) is 0 Å². The summed E-state index contributed by atoms with van der Waals surface area (Å²) in [6.45, 7) is 5.61. The van der Waals surface area contributed by atoms with Crippen LogP contribution in [0.15, 0.2) is 42.5 Å². The molecule has 0 radical (unpaired) electrons. The molecule has 0 saturated carbocycles. The Kier molecular flexibility index (Phi) is 5.64. The highest BCUT2D eigenvalue weighted by atomic mass is 16.5. The van der Waals surface area contributed by atoms with E-state index in [1.54, 1.807) is 6.92 Å². The molecule has 18 heavy (non-hydrogen) atoms. The number of benzene rings is 1. The van der Waals surface area contributed by atoms with Gasteiger partial charge in [-0.05, 0) is 12.5 Å². The van der Waals surface area contributed by atoms with E-state index in [0.29, 0.717) is 18.6 Å². The number of amides is 1. The maximum atomic E-state index is 11.6. The minimum absolute atomic E-state index is 0.125. The highest BCUT2D eigenvalue weighted by Gasteiger charge is 2.09. The zero-order valence-electron chi connectivity index (χ0n) is 10.4. The van der Waals surface area contributed by atoms with Gasteiger partial charge in [-0.25, -0.2) is 0 Å². The van der Waals surface area contributed by atoms with Gasteiger partial charge in [0.05, 0.1) is 6.61 Å². The Morgan fingerprint density at radius 2 is 1.94 bits per heavy atom. The quantitative estimate of drug-likeness (QED) is 0.611. The molecular formula is C14H17NO3. The molecule has 1 N–H and O–H groups in total. The zero-order chi connectivity index (χ0) is 13.4. The number of ether oxygens (including phenoxy) is 1. The maximum Gasteiger partial charge on any atom is 0.325 e. The van der Waals surface area contributed by atoms with Gasteiger partial charge in [0.15, 0.2) is 0 Å². The molecule has 4 heteroatoms. The molecule has 0 atom stereocenters. The van der Waals surface area contributed by atoms with E-state index in [1.165, 1.54) is 0 Å². The fraction of sp³-hybridized carbons (Fsp3) is 0.286. The van der Waals surface area contributed by atoms with Crippen molar-refractivity contribution in [2.75, 3.05) is 13.2 Å². The van der Waals surface area contributed by atoms with Gasteiger partial charge in [-0.1, -0.05) is 36.9 Å².